The molecule has 0 radical (unpaired) electrons. The number of anilines is 1. The highest BCUT2D eigenvalue weighted by atomic mass is 16.2. The summed E-state index contributed by atoms with van der Waals surface area (Å²) in [5, 5.41) is 0. The number of nitrogens with zero attached hydrogens (tertiary/aromatic N) is 3. The maximum Gasteiger partial charge on any atom is 0.254 e. The molecule has 1 aliphatic rings. The highest BCUT2D eigenvalue weighted by Crippen LogP contribution is 2.15. The summed E-state index contributed by atoms with van der Waals surface area (Å²) in [6.07, 6.45) is 0. The first kappa shape index (κ1) is 12.9. The number of amides is 1. The van der Waals surface area contributed by atoms with Crippen molar-refractivity contribution in [1.29, 1.82) is 0 Å². The number of likely N-dealkylation sites (N-methyl/N-ethyl adjacent to an activating group) is 1. The molecular weight excluding hydrogens is 226 g/mol. The topological polar surface area (TPSA) is 26.8 Å². The summed E-state index contributed by atoms with van der Waals surface area (Å²) in [4.78, 5) is 18.6. The molecular formula is C14H21N3O. The van der Waals surface area contributed by atoms with Crippen LogP contribution in [0.1, 0.15) is 10.4 Å². The van der Waals surface area contributed by atoms with Crippen molar-refractivity contribution in [1.82, 2.24) is 9.80 Å². The van der Waals surface area contributed by atoms with E-state index in [1.807, 2.05) is 48.2 Å². The maximum atomic E-state index is 12.4. The first-order valence-corrected chi connectivity index (χ1v) is 6.33. The quantitative estimate of drug-likeness (QED) is 0.784. The standard InChI is InChI=1S/C14H21N3O/c1-15(2)13-6-4-5-12(11-13)14(18)17-9-7-16(3)8-10-17/h4-6,11H,7-10H2,1-3H3. The van der Waals surface area contributed by atoms with Crippen LogP contribution in [-0.2, 0) is 0 Å². The van der Waals surface area contributed by atoms with E-state index in [2.05, 4.69) is 11.9 Å². The number of rotatable bonds is 2. The van der Waals surface area contributed by atoms with Gasteiger partial charge in [-0.05, 0) is 25.2 Å². The van der Waals surface area contributed by atoms with Gasteiger partial charge in [0, 0.05) is 51.5 Å². The zero-order valence-electron chi connectivity index (χ0n) is 11.4. The van der Waals surface area contributed by atoms with Crippen molar-refractivity contribution in [2.24, 2.45) is 0 Å². The number of benzene rings is 1. The summed E-state index contributed by atoms with van der Waals surface area (Å²) in [5.74, 6) is 0.145. The van der Waals surface area contributed by atoms with E-state index in [4.69, 9.17) is 0 Å². The molecule has 4 nitrogen and oxygen atoms in total. The molecule has 1 heterocycles. The van der Waals surface area contributed by atoms with Gasteiger partial charge in [0.1, 0.15) is 0 Å². The van der Waals surface area contributed by atoms with Gasteiger partial charge in [-0.15, -0.1) is 0 Å². The number of hydrogen-bond acceptors (Lipinski definition) is 3. The molecule has 4 heteroatoms. The van der Waals surface area contributed by atoms with Gasteiger partial charge in [-0.1, -0.05) is 6.07 Å². The summed E-state index contributed by atoms with van der Waals surface area (Å²) < 4.78 is 0. The van der Waals surface area contributed by atoms with Crippen LogP contribution in [0, 0.1) is 0 Å². The van der Waals surface area contributed by atoms with Crippen LogP contribution in [0.2, 0.25) is 0 Å². The molecule has 1 aromatic rings. The zero-order valence-corrected chi connectivity index (χ0v) is 11.4. The van der Waals surface area contributed by atoms with E-state index in [9.17, 15) is 4.79 Å². The Balaban J connectivity index is 2.11. The number of piperazine rings is 1. The van der Waals surface area contributed by atoms with E-state index in [0.29, 0.717) is 0 Å². The Bertz CT molecular complexity index is 423. The van der Waals surface area contributed by atoms with Crippen LogP contribution in [0.5, 0.6) is 0 Å². The molecule has 0 aromatic heterocycles. The predicted molar refractivity (Wildman–Crippen MR) is 74.2 cm³/mol. The SMILES string of the molecule is CN1CCN(C(=O)c2cccc(N(C)C)c2)CC1. The Morgan fingerprint density at radius 3 is 2.44 bits per heavy atom. The fourth-order valence-corrected chi connectivity index (χ4v) is 2.11. The van der Waals surface area contributed by atoms with E-state index >= 15 is 0 Å². The second-order valence-electron chi connectivity index (χ2n) is 5.04. The summed E-state index contributed by atoms with van der Waals surface area (Å²) in [7, 11) is 6.06. The lowest BCUT2D eigenvalue weighted by atomic mass is 10.1. The Morgan fingerprint density at radius 2 is 1.83 bits per heavy atom. The van der Waals surface area contributed by atoms with Crippen LogP contribution in [0.3, 0.4) is 0 Å². The Hall–Kier alpha value is -1.55. The third kappa shape index (κ3) is 2.82. The molecule has 1 aromatic carbocycles. The van der Waals surface area contributed by atoms with Crippen molar-refractivity contribution in [3.8, 4) is 0 Å². The monoisotopic (exact) mass is 247 g/mol. The van der Waals surface area contributed by atoms with Gasteiger partial charge in [-0.25, -0.2) is 0 Å². The fraction of sp³-hybridized carbons (Fsp3) is 0.500. The molecule has 0 spiro atoms. The molecule has 98 valence electrons. The second-order valence-corrected chi connectivity index (χ2v) is 5.04. The van der Waals surface area contributed by atoms with Crippen molar-refractivity contribution < 1.29 is 4.79 Å². The normalized spacial score (nSPS) is 16.7. The lowest BCUT2D eigenvalue weighted by molar-refractivity contribution is 0.0664. The average Bonchev–Trinajstić information content (AvgIpc) is 2.39. The number of carbonyl (C=O) groups is 1. The molecule has 2 rings (SSSR count). The summed E-state index contributed by atoms with van der Waals surface area (Å²) in [5.41, 5.74) is 1.85. The minimum Gasteiger partial charge on any atom is -0.378 e. The largest absolute Gasteiger partial charge is 0.378 e. The Labute approximate surface area is 109 Å². The molecule has 0 N–H and O–H groups in total. The summed E-state index contributed by atoms with van der Waals surface area (Å²) in [6.45, 7) is 3.56. The first-order valence-electron chi connectivity index (χ1n) is 6.33. The smallest absolute Gasteiger partial charge is 0.254 e. The molecule has 1 aliphatic heterocycles. The number of carbonyl (C=O) groups excluding carboxylic acids is 1. The van der Waals surface area contributed by atoms with E-state index < -0.39 is 0 Å². The van der Waals surface area contributed by atoms with E-state index in [0.717, 1.165) is 37.4 Å². The van der Waals surface area contributed by atoms with Gasteiger partial charge in [0.25, 0.3) is 5.91 Å². The maximum absolute atomic E-state index is 12.4. The summed E-state index contributed by atoms with van der Waals surface area (Å²) in [6, 6.07) is 7.81. The Morgan fingerprint density at radius 1 is 1.17 bits per heavy atom. The van der Waals surface area contributed by atoms with E-state index in [1.54, 1.807) is 0 Å². The molecule has 1 saturated heterocycles. The van der Waals surface area contributed by atoms with Crippen molar-refractivity contribution in [2.45, 2.75) is 0 Å². The molecule has 1 amide bonds. The zero-order chi connectivity index (χ0) is 13.1. The van der Waals surface area contributed by atoms with Crippen LogP contribution in [0.15, 0.2) is 24.3 Å². The van der Waals surface area contributed by atoms with Crippen LogP contribution in [0.4, 0.5) is 5.69 Å². The minimum absolute atomic E-state index is 0.145. The van der Waals surface area contributed by atoms with Crippen LogP contribution < -0.4 is 4.90 Å². The van der Waals surface area contributed by atoms with Gasteiger partial charge >= 0.3 is 0 Å². The third-order valence-corrected chi connectivity index (χ3v) is 3.40. The molecule has 0 atom stereocenters. The second kappa shape index (κ2) is 5.40. The molecule has 18 heavy (non-hydrogen) atoms. The van der Waals surface area contributed by atoms with Gasteiger partial charge in [-0.2, -0.15) is 0 Å². The van der Waals surface area contributed by atoms with Gasteiger partial charge in [0.15, 0.2) is 0 Å². The molecule has 0 saturated carbocycles. The van der Waals surface area contributed by atoms with Crippen molar-refractivity contribution >= 4 is 11.6 Å². The van der Waals surface area contributed by atoms with Crippen molar-refractivity contribution in [2.75, 3.05) is 52.2 Å². The van der Waals surface area contributed by atoms with E-state index in [1.165, 1.54) is 0 Å². The lowest BCUT2D eigenvalue weighted by Crippen LogP contribution is -2.47. The molecule has 0 aliphatic carbocycles. The lowest BCUT2D eigenvalue weighted by Gasteiger charge is -2.32. The van der Waals surface area contributed by atoms with Gasteiger partial charge in [-0.3, -0.25) is 4.79 Å². The van der Waals surface area contributed by atoms with Gasteiger partial charge < -0.3 is 14.7 Å². The average molecular weight is 247 g/mol. The molecule has 1 fully saturated rings. The van der Waals surface area contributed by atoms with Gasteiger partial charge in [0.05, 0.1) is 0 Å². The van der Waals surface area contributed by atoms with Crippen molar-refractivity contribution in [3.63, 3.8) is 0 Å². The Kier molecular flexibility index (Phi) is 3.87. The highest BCUT2D eigenvalue weighted by molar-refractivity contribution is 5.95. The minimum atomic E-state index is 0.145. The van der Waals surface area contributed by atoms with Crippen LogP contribution in [0.25, 0.3) is 0 Å². The summed E-state index contributed by atoms with van der Waals surface area (Å²) >= 11 is 0. The first-order chi connectivity index (χ1) is 8.58. The predicted octanol–water partition coefficient (Wildman–Crippen LogP) is 1.14. The van der Waals surface area contributed by atoms with E-state index in [-0.39, 0.29) is 5.91 Å². The van der Waals surface area contributed by atoms with Crippen LogP contribution in [-0.4, -0.2) is 63.0 Å². The molecule has 0 bridgehead atoms. The van der Waals surface area contributed by atoms with Crippen LogP contribution >= 0.6 is 0 Å². The highest BCUT2D eigenvalue weighted by Gasteiger charge is 2.20. The molecule has 0 unspecified atom stereocenters. The number of hydrogen-bond donors (Lipinski definition) is 0. The van der Waals surface area contributed by atoms with Crippen molar-refractivity contribution in [3.05, 3.63) is 29.8 Å². The third-order valence-electron chi connectivity index (χ3n) is 3.40. The van der Waals surface area contributed by atoms with Gasteiger partial charge in [0.2, 0.25) is 0 Å². The fourth-order valence-electron chi connectivity index (χ4n) is 2.11.